The first kappa shape index (κ1) is 16.0. The van der Waals surface area contributed by atoms with Crippen molar-refractivity contribution in [2.75, 3.05) is 7.05 Å². The van der Waals surface area contributed by atoms with Crippen LogP contribution in [0.4, 0.5) is 0 Å². The average Bonchev–Trinajstić information content (AvgIpc) is 2.84. The van der Waals surface area contributed by atoms with Crippen LogP contribution in [0.3, 0.4) is 0 Å². The maximum atomic E-state index is 13.2. The Morgan fingerprint density at radius 2 is 1.65 bits per heavy atom. The lowest BCUT2D eigenvalue weighted by Crippen LogP contribution is -2.17. The lowest BCUT2D eigenvalue weighted by Gasteiger charge is -2.02. The van der Waals surface area contributed by atoms with Gasteiger partial charge in [0.05, 0.1) is 5.52 Å². The molecule has 0 saturated heterocycles. The molecule has 4 nitrogen and oxygen atoms in total. The number of fused-ring (bicyclic) bond motifs is 2. The van der Waals surface area contributed by atoms with Crippen LogP contribution in [0.15, 0.2) is 77.7 Å². The summed E-state index contributed by atoms with van der Waals surface area (Å²) in [4.78, 5) is 29.6. The number of benzene rings is 2. The van der Waals surface area contributed by atoms with Crippen LogP contribution in [-0.4, -0.2) is 17.9 Å². The fourth-order valence-electron chi connectivity index (χ4n) is 3.08. The van der Waals surface area contributed by atoms with Gasteiger partial charge in [0.2, 0.25) is 0 Å². The van der Waals surface area contributed by atoms with Gasteiger partial charge in [-0.15, -0.1) is 0 Å². The van der Waals surface area contributed by atoms with Gasteiger partial charge in [0, 0.05) is 35.1 Å². The van der Waals surface area contributed by atoms with Crippen LogP contribution < -0.4 is 10.7 Å². The minimum atomic E-state index is -0.217. The maximum Gasteiger partial charge on any atom is 0.251 e. The van der Waals surface area contributed by atoms with E-state index in [0.29, 0.717) is 21.9 Å². The highest BCUT2D eigenvalue weighted by atomic mass is 16.1. The van der Waals surface area contributed by atoms with E-state index in [-0.39, 0.29) is 11.3 Å². The zero-order valence-electron chi connectivity index (χ0n) is 14.2. The van der Waals surface area contributed by atoms with Gasteiger partial charge < -0.3 is 5.32 Å². The van der Waals surface area contributed by atoms with E-state index in [9.17, 15) is 9.59 Å². The van der Waals surface area contributed by atoms with Crippen molar-refractivity contribution in [1.82, 2.24) is 10.3 Å². The van der Waals surface area contributed by atoms with E-state index >= 15 is 0 Å². The number of rotatable bonds is 2. The molecule has 0 bridgehead atoms. The summed E-state index contributed by atoms with van der Waals surface area (Å²) in [5.74, 6) is -0.217. The molecule has 1 heterocycles. The van der Waals surface area contributed by atoms with Gasteiger partial charge in [-0.2, -0.15) is 0 Å². The SMILES string of the molecule is CNC(=O)c1ccc2ccc3ncc(-c4ccccc4)cc3c(=O)c2c1. The summed E-state index contributed by atoms with van der Waals surface area (Å²) in [6.07, 6.45) is 1.78. The Morgan fingerprint density at radius 3 is 2.42 bits per heavy atom. The fraction of sp³-hybridized carbons (Fsp3) is 0.0455. The monoisotopic (exact) mass is 340 g/mol. The first-order chi connectivity index (χ1) is 12.7. The molecular formula is C22H16N2O2. The second-order valence-electron chi connectivity index (χ2n) is 6.07. The summed E-state index contributed by atoms with van der Waals surface area (Å²) in [5.41, 5.74) is 2.85. The molecule has 0 aliphatic carbocycles. The number of pyridine rings is 1. The minimum absolute atomic E-state index is 0.129. The molecule has 1 aromatic heterocycles. The Balaban J connectivity index is 2.03. The van der Waals surface area contributed by atoms with Gasteiger partial charge >= 0.3 is 0 Å². The number of aromatic nitrogens is 1. The Hall–Kier alpha value is -3.53. The lowest BCUT2D eigenvalue weighted by molar-refractivity contribution is 0.0963. The zero-order chi connectivity index (χ0) is 18.1. The fourth-order valence-corrected chi connectivity index (χ4v) is 3.08. The number of amides is 1. The van der Waals surface area contributed by atoms with Gasteiger partial charge in [-0.1, -0.05) is 42.5 Å². The van der Waals surface area contributed by atoms with E-state index in [1.54, 1.807) is 31.4 Å². The minimum Gasteiger partial charge on any atom is -0.355 e. The molecule has 3 aromatic carbocycles. The van der Waals surface area contributed by atoms with Crippen molar-refractivity contribution >= 4 is 27.6 Å². The molecule has 26 heavy (non-hydrogen) atoms. The Morgan fingerprint density at radius 1 is 0.885 bits per heavy atom. The zero-order valence-corrected chi connectivity index (χ0v) is 14.2. The standard InChI is InChI=1S/C22H16N2O2/c1-23-22(26)16-8-7-15-9-10-20-19(21(25)18(15)11-16)12-17(13-24-20)14-5-3-2-4-6-14/h2-13H,1H3,(H,23,26). The third-order valence-electron chi connectivity index (χ3n) is 4.48. The molecular weight excluding hydrogens is 324 g/mol. The number of hydrogen-bond donors (Lipinski definition) is 1. The van der Waals surface area contributed by atoms with Gasteiger partial charge in [0.1, 0.15) is 0 Å². The second kappa shape index (κ2) is 6.41. The van der Waals surface area contributed by atoms with Gasteiger partial charge in [-0.3, -0.25) is 14.6 Å². The molecule has 4 rings (SSSR count). The van der Waals surface area contributed by atoms with Crippen LogP contribution in [0.25, 0.3) is 32.8 Å². The van der Waals surface area contributed by atoms with E-state index in [0.717, 1.165) is 16.5 Å². The van der Waals surface area contributed by atoms with E-state index in [1.807, 2.05) is 48.5 Å². The number of hydrogen-bond acceptors (Lipinski definition) is 3. The average molecular weight is 340 g/mol. The molecule has 126 valence electrons. The third kappa shape index (κ3) is 2.71. The smallest absolute Gasteiger partial charge is 0.251 e. The summed E-state index contributed by atoms with van der Waals surface area (Å²) >= 11 is 0. The molecule has 0 fully saturated rings. The van der Waals surface area contributed by atoms with Gasteiger partial charge in [-0.05, 0) is 35.2 Å². The summed E-state index contributed by atoms with van der Waals surface area (Å²) in [6.45, 7) is 0. The molecule has 0 atom stereocenters. The number of carbonyl (C=O) groups is 1. The second-order valence-corrected chi connectivity index (χ2v) is 6.07. The van der Waals surface area contributed by atoms with E-state index in [1.165, 1.54) is 0 Å². The first-order valence-electron chi connectivity index (χ1n) is 8.32. The molecule has 0 radical (unpaired) electrons. The third-order valence-corrected chi connectivity index (χ3v) is 4.48. The molecule has 0 aliphatic heterocycles. The Kier molecular flexibility index (Phi) is 3.93. The predicted molar refractivity (Wildman–Crippen MR) is 104 cm³/mol. The van der Waals surface area contributed by atoms with Crippen molar-refractivity contribution in [3.8, 4) is 11.1 Å². The number of nitrogens with one attached hydrogen (secondary N) is 1. The molecule has 0 spiro atoms. The topological polar surface area (TPSA) is 59.1 Å². The normalized spacial score (nSPS) is 10.8. The maximum absolute atomic E-state index is 13.2. The predicted octanol–water partition coefficient (Wildman–Crippen LogP) is 3.77. The summed E-state index contributed by atoms with van der Waals surface area (Å²) in [6, 6.07) is 20.5. The lowest BCUT2D eigenvalue weighted by atomic mass is 10.1. The van der Waals surface area contributed by atoms with Crippen LogP contribution in [0, 0.1) is 0 Å². The van der Waals surface area contributed by atoms with Gasteiger partial charge in [-0.25, -0.2) is 0 Å². The quantitative estimate of drug-likeness (QED) is 0.604. The molecule has 0 aliphatic rings. The van der Waals surface area contributed by atoms with E-state index < -0.39 is 0 Å². The van der Waals surface area contributed by atoms with Gasteiger partial charge in [0.25, 0.3) is 5.91 Å². The van der Waals surface area contributed by atoms with Crippen molar-refractivity contribution in [3.63, 3.8) is 0 Å². The van der Waals surface area contributed by atoms with Gasteiger partial charge in [0.15, 0.2) is 5.43 Å². The van der Waals surface area contributed by atoms with Crippen LogP contribution in [0.1, 0.15) is 10.4 Å². The highest BCUT2D eigenvalue weighted by molar-refractivity contribution is 6.00. The molecule has 1 N–H and O–H groups in total. The van der Waals surface area contributed by atoms with Crippen LogP contribution in [0.2, 0.25) is 0 Å². The van der Waals surface area contributed by atoms with Crippen LogP contribution in [-0.2, 0) is 0 Å². The first-order valence-corrected chi connectivity index (χ1v) is 8.32. The molecule has 4 heteroatoms. The highest BCUT2D eigenvalue weighted by Gasteiger charge is 2.09. The number of carbonyl (C=O) groups excluding carboxylic acids is 1. The largest absolute Gasteiger partial charge is 0.355 e. The van der Waals surface area contributed by atoms with Crippen molar-refractivity contribution in [1.29, 1.82) is 0 Å². The molecule has 1 amide bonds. The van der Waals surface area contributed by atoms with E-state index in [2.05, 4.69) is 10.3 Å². The summed E-state index contributed by atoms with van der Waals surface area (Å²) in [5, 5.41) is 4.41. The molecule has 0 unspecified atom stereocenters. The number of nitrogens with zero attached hydrogens (tertiary/aromatic N) is 1. The van der Waals surface area contributed by atoms with Crippen molar-refractivity contribution in [2.24, 2.45) is 0 Å². The molecule has 4 aromatic rings. The summed E-state index contributed by atoms with van der Waals surface area (Å²) < 4.78 is 0. The Labute approximate surface area is 150 Å². The van der Waals surface area contributed by atoms with Crippen molar-refractivity contribution in [3.05, 3.63) is 88.7 Å². The van der Waals surface area contributed by atoms with Crippen molar-refractivity contribution < 1.29 is 4.79 Å². The molecule has 0 saturated carbocycles. The summed E-state index contributed by atoms with van der Waals surface area (Å²) in [7, 11) is 1.57. The van der Waals surface area contributed by atoms with Crippen LogP contribution in [0.5, 0.6) is 0 Å². The van der Waals surface area contributed by atoms with Crippen LogP contribution >= 0.6 is 0 Å². The Bertz CT molecular complexity index is 1200. The van der Waals surface area contributed by atoms with E-state index in [4.69, 9.17) is 0 Å². The van der Waals surface area contributed by atoms with Crippen molar-refractivity contribution in [2.45, 2.75) is 0 Å². The highest BCUT2D eigenvalue weighted by Crippen LogP contribution is 2.22.